The van der Waals surface area contributed by atoms with E-state index in [4.69, 9.17) is 9.47 Å². The summed E-state index contributed by atoms with van der Waals surface area (Å²) in [6, 6.07) is 0. The van der Waals surface area contributed by atoms with Crippen LogP contribution >= 0.6 is 0 Å². The molecule has 0 rings (SSSR count). The highest BCUT2D eigenvalue weighted by Gasteiger charge is 2.05. The monoisotopic (exact) mass is 203 g/mol. The Balaban J connectivity index is 3.35. The fourth-order valence-electron chi connectivity index (χ4n) is 0.973. The van der Waals surface area contributed by atoms with Crippen molar-refractivity contribution in [3.63, 3.8) is 0 Å². The van der Waals surface area contributed by atoms with Gasteiger partial charge in [-0.05, 0) is 20.4 Å². The molecule has 0 aliphatic carbocycles. The van der Waals surface area contributed by atoms with E-state index in [0.717, 1.165) is 19.6 Å². The summed E-state index contributed by atoms with van der Waals surface area (Å²) >= 11 is 0. The van der Waals surface area contributed by atoms with Crippen LogP contribution in [0.15, 0.2) is 0 Å². The molecule has 0 N–H and O–H groups in total. The van der Waals surface area contributed by atoms with Crippen LogP contribution in [0, 0.1) is 0 Å². The maximum absolute atomic E-state index is 11.0. The summed E-state index contributed by atoms with van der Waals surface area (Å²) in [5.41, 5.74) is 0. The van der Waals surface area contributed by atoms with Crippen molar-refractivity contribution >= 4 is 5.97 Å². The molecule has 4 heteroatoms. The van der Waals surface area contributed by atoms with Gasteiger partial charge >= 0.3 is 5.97 Å². The summed E-state index contributed by atoms with van der Waals surface area (Å²) in [6.07, 6.45) is 1.03. The van der Waals surface area contributed by atoms with Crippen molar-refractivity contribution in [1.82, 2.24) is 4.90 Å². The summed E-state index contributed by atoms with van der Waals surface area (Å²) in [6.45, 7) is 6.88. The predicted octanol–water partition coefficient (Wildman–Crippen LogP) is 0.908. The van der Waals surface area contributed by atoms with Gasteiger partial charge < -0.3 is 9.47 Å². The quantitative estimate of drug-likeness (QED) is 0.434. The van der Waals surface area contributed by atoms with Crippen LogP contribution in [0.4, 0.5) is 0 Å². The third kappa shape index (κ3) is 8.01. The van der Waals surface area contributed by atoms with E-state index < -0.39 is 0 Å². The van der Waals surface area contributed by atoms with Crippen molar-refractivity contribution in [2.75, 3.05) is 40.0 Å². The lowest BCUT2D eigenvalue weighted by molar-refractivity contribution is -0.144. The first-order valence-electron chi connectivity index (χ1n) is 5.12. The summed E-state index contributed by atoms with van der Waals surface area (Å²) in [4.78, 5) is 12.9. The number of carbonyl (C=O) groups excluding carboxylic acids is 1. The molecule has 4 nitrogen and oxygen atoms in total. The van der Waals surface area contributed by atoms with Gasteiger partial charge in [-0.25, -0.2) is 0 Å². The second-order valence-corrected chi connectivity index (χ2v) is 3.16. The van der Waals surface area contributed by atoms with Gasteiger partial charge in [0.1, 0.15) is 0 Å². The molecular weight excluding hydrogens is 182 g/mol. The maximum atomic E-state index is 11.0. The van der Waals surface area contributed by atoms with Gasteiger partial charge in [0.05, 0.1) is 19.8 Å². The largest absolute Gasteiger partial charge is 0.465 e. The Morgan fingerprint density at radius 1 is 1.29 bits per heavy atom. The van der Waals surface area contributed by atoms with Crippen LogP contribution in [0.2, 0.25) is 0 Å². The second-order valence-electron chi connectivity index (χ2n) is 3.16. The third-order valence-electron chi connectivity index (χ3n) is 1.67. The Morgan fingerprint density at radius 3 is 2.57 bits per heavy atom. The zero-order valence-electron chi connectivity index (χ0n) is 9.41. The van der Waals surface area contributed by atoms with E-state index in [0.29, 0.717) is 19.8 Å². The van der Waals surface area contributed by atoms with E-state index in [1.54, 1.807) is 0 Å². The number of hydrogen-bond donors (Lipinski definition) is 0. The van der Waals surface area contributed by atoms with E-state index in [1.807, 2.05) is 18.9 Å². The van der Waals surface area contributed by atoms with Crippen LogP contribution < -0.4 is 0 Å². The van der Waals surface area contributed by atoms with E-state index in [1.165, 1.54) is 0 Å². The first-order valence-corrected chi connectivity index (χ1v) is 5.12. The fraction of sp³-hybridized carbons (Fsp3) is 0.900. The van der Waals surface area contributed by atoms with Gasteiger partial charge in [-0.2, -0.15) is 0 Å². The number of carbonyl (C=O) groups is 1. The Bertz CT molecular complexity index is 150. The molecule has 0 aromatic carbocycles. The first kappa shape index (κ1) is 13.4. The summed E-state index contributed by atoms with van der Waals surface area (Å²) in [7, 11) is 1.88. The summed E-state index contributed by atoms with van der Waals surface area (Å²) in [5.74, 6) is -0.175. The molecule has 0 radical (unpaired) electrons. The van der Waals surface area contributed by atoms with Crippen LogP contribution in [-0.2, 0) is 14.3 Å². The summed E-state index contributed by atoms with van der Waals surface area (Å²) < 4.78 is 10.1. The van der Waals surface area contributed by atoms with Gasteiger partial charge in [0, 0.05) is 13.2 Å². The minimum Gasteiger partial charge on any atom is -0.465 e. The van der Waals surface area contributed by atoms with Gasteiger partial charge in [0.2, 0.25) is 0 Å². The molecule has 0 aliphatic heterocycles. The average Bonchev–Trinajstić information content (AvgIpc) is 2.13. The Hall–Kier alpha value is -0.610. The van der Waals surface area contributed by atoms with Gasteiger partial charge in [-0.15, -0.1) is 0 Å². The molecule has 0 saturated carbocycles. The van der Waals surface area contributed by atoms with Crippen molar-refractivity contribution in [2.45, 2.75) is 20.3 Å². The van der Waals surface area contributed by atoms with Gasteiger partial charge in [0.25, 0.3) is 0 Å². The lowest BCUT2D eigenvalue weighted by atomic mass is 10.5. The predicted molar refractivity (Wildman–Crippen MR) is 55.2 cm³/mol. The molecule has 0 unspecified atom stereocenters. The maximum Gasteiger partial charge on any atom is 0.320 e. The van der Waals surface area contributed by atoms with Gasteiger partial charge in [-0.3, -0.25) is 9.69 Å². The number of ether oxygens (including phenoxy) is 2. The average molecular weight is 203 g/mol. The normalized spacial score (nSPS) is 10.6. The van der Waals surface area contributed by atoms with Crippen LogP contribution in [0.5, 0.6) is 0 Å². The van der Waals surface area contributed by atoms with E-state index >= 15 is 0 Å². The van der Waals surface area contributed by atoms with E-state index in [-0.39, 0.29) is 5.97 Å². The molecule has 0 aliphatic rings. The number of hydrogen-bond acceptors (Lipinski definition) is 4. The molecule has 0 heterocycles. The Labute approximate surface area is 86.2 Å². The molecule has 0 amide bonds. The highest BCUT2D eigenvalue weighted by molar-refractivity contribution is 5.71. The van der Waals surface area contributed by atoms with Crippen molar-refractivity contribution in [2.24, 2.45) is 0 Å². The molecule has 0 spiro atoms. The molecule has 0 saturated heterocycles. The molecule has 0 bridgehead atoms. The standard InChI is InChI=1S/C10H21NO3/c1-4-7-13-8-6-11(3)9-10(12)14-5-2/h4-9H2,1-3H3. The van der Waals surface area contributed by atoms with Crippen molar-refractivity contribution in [3.8, 4) is 0 Å². The number of esters is 1. The van der Waals surface area contributed by atoms with Crippen LogP contribution in [0.25, 0.3) is 0 Å². The topological polar surface area (TPSA) is 38.8 Å². The lowest BCUT2D eigenvalue weighted by Crippen LogP contribution is -2.30. The molecule has 0 atom stereocenters. The highest BCUT2D eigenvalue weighted by atomic mass is 16.5. The molecule has 14 heavy (non-hydrogen) atoms. The zero-order chi connectivity index (χ0) is 10.8. The third-order valence-corrected chi connectivity index (χ3v) is 1.67. The molecule has 84 valence electrons. The number of likely N-dealkylation sites (N-methyl/N-ethyl adjacent to an activating group) is 1. The van der Waals surface area contributed by atoms with E-state index in [9.17, 15) is 4.79 Å². The SMILES string of the molecule is CCCOCCN(C)CC(=O)OCC. The highest BCUT2D eigenvalue weighted by Crippen LogP contribution is 1.87. The first-order chi connectivity index (χ1) is 6.70. The van der Waals surface area contributed by atoms with Crippen molar-refractivity contribution < 1.29 is 14.3 Å². The minimum absolute atomic E-state index is 0.175. The Kier molecular flexibility index (Phi) is 8.57. The van der Waals surface area contributed by atoms with Crippen molar-refractivity contribution in [1.29, 1.82) is 0 Å². The van der Waals surface area contributed by atoms with E-state index in [2.05, 4.69) is 6.92 Å². The fourth-order valence-corrected chi connectivity index (χ4v) is 0.973. The minimum atomic E-state index is -0.175. The molecule has 0 aromatic rings. The van der Waals surface area contributed by atoms with Gasteiger partial charge in [-0.1, -0.05) is 6.92 Å². The summed E-state index contributed by atoms with van der Waals surface area (Å²) in [5, 5.41) is 0. The van der Waals surface area contributed by atoms with Crippen molar-refractivity contribution in [3.05, 3.63) is 0 Å². The zero-order valence-corrected chi connectivity index (χ0v) is 9.41. The van der Waals surface area contributed by atoms with Gasteiger partial charge in [0.15, 0.2) is 0 Å². The molecule has 0 fully saturated rings. The smallest absolute Gasteiger partial charge is 0.320 e. The second kappa shape index (κ2) is 8.97. The molecular formula is C10H21NO3. The molecule has 0 aromatic heterocycles. The number of nitrogens with zero attached hydrogens (tertiary/aromatic N) is 1. The lowest BCUT2D eigenvalue weighted by Gasteiger charge is -2.15. The number of rotatable bonds is 8. The Morgan fingerprint density at radius 2 is 2.00 bits per heavy atom. The van der Waals surface area contributed by atoms with Crippen LogP contribution in [0.3, 0.4) is 0 Å². The van der Waals surface area contributed by atoms with Crippen LogP contribution in [0.1, 0.15) is 20.3 Å². The van der Waals surface area contributed by atoms with Crippen LogP contribution in [-0.4, -0.2) is 50.8 Å².